The van der Waals surface area contributed by atoms with Crippen LogP contribution in [0.15, 0.2) is 18.3 Å². The number of anilines is 1. The Bertz CT molecular complexity index is 447. The van der Waals surface area contributed by atoms with Gasteiger partial charge in [-0.25, -0.2) is 9.78 Å². The summed E-state index contributed by atoms with van der Waals surface area (Å²) in [5.74, 6) is -0.0963. The maximum atomic E-state index is 11.5. The summed E-state index contributed by atoms with van der Waals surface area (Å²) in [4.78, 5) is 27.5. The number of nitrogens with zero attached hydrogens (tertiary/aromatic N) is 2. The Hall–Kier alpha value is -2.11. The van der Waals surface area contributed by atoms with Crippen molar-refractivity contribution in [2.75, 3.05) is 18.1 Å². The molecule has 0 aliphatic carbocycles. The largest absolute Gasteiger partial charge is 0.482 e. The van der Waals surface area contributed by atoms with Crippen LogP contribution in [0.2, 0.25) is 0 Å². The number of hydrogen-bond acceptors (Lipinski definition) is 4. The predicted octanol–water partition coefficient (Wildman–Crippen LogP) is 0.672. The molecule has 0 radical (unpaired) electrons. The van der Waals surface area contributed by atoms with Crippen LogP contribution in [0.1, 0.15) is 12.8 Å². The van der Waals surface area contributed by atoms with Gasteiger partial charge in [0.05, 0.1) is 0 Å². The molecule has 1 aliphatic heterocycles. The highest BCUT2D eigenvalue weighted by Gasteiger charge is 2.22. The molecule has 1 aromatic rings. The molecule has 1 N–H and O–H groups in total. The number of aliphatic carboxylic acids is 1. The van der Waals surface area contributed by atoms with E-state index in [1.807, 2.05) is 0 Å². The predicted molar refractivity (Wildman–Crippen MR) is 59.0 cm³/mol. The van der Waals surface area contributed by atoms with Crippen LogP contribution < -0.4 is 9.64 Å². The second-order valence-electron chi connectivity index (χ2n) is 3.68. The van der Waals surface area contributed by atoms with Crippen molar-refractivity contribution < 1.29 is 19.4 Å². The minimum atomic E-state index is -1.04. The Morgan fingerprint density at radius 2 is 2.41 bits per heavy atom. The van der Waals surface area contributed by atoms with Crippen LogP contribution in [-0.4, -0.2) is 35.1 Å². The summed E-state index contributed by atoms with van der Waals surface area (Å²) in [6.07, 6.45) is 2.85. The van der Waals surface area contributed by atoms with Crippen LogP contribution in [0.25, 0.3) is 0 Å². The number of rotatable bonds is 4. The summed E-state index contributed by atoms with van der Waals surface area (Å²) >= 11 is 0. The minimum absolute atomic E-state index is 0.0351. The van der Waals surface area contributed by atoms with Crippen LogP contribution in [0.4, 0.5) is 5.82 Å². The van der Waals surface area contributed by atoms with Crippen LogP contribution in [0.3, 0.4) is 0 Å². The van der Waals surface area contributed by atoms with E-state index >= 15 is 0 Å². The van der Waals surface area contributed by atoms with Crippen molar-refractivity contribution in [3.63, 3.8) is 0 Å². The summed E-state index contributed by atoms with van der Waals surface area (Å²) < 4.78 is 5.03. The number of carbonyl (C=O) groups excluding carboxylic acids is 1. The molecule has 1 aliphatic rings. The summed E-state index contributed by atoms with van der Waals surface area (Å²) in [6.45, 7) is 0.242. The zero-order valence-corrected chi connectivity index (χ0v) is 9.13. The molecule has 2 heterocycles. The molecule has 2 rings (SSSR count). The first kappa shape index (κ1) is 11.4. The first-order valence-electron chi connectivity index (χ1n) is 5.28. The minimum Gasteiger partial charge on any atom is -0.482 e. The molecule has 1 fully saturated rings. The molecular weight excluding hydrogens is 224 g/mol. The molecule has 6 heteroatoms. The third-order valence-electron chi connectivity index (χ3n) is 2.43. The molecule has 90 valence electrons. The maximum Gasteiger partial charge on any atom is 0.341 e. The zero-order chi connectivity index (χ0) is 12.3. The average molecular weight is 236 g/mol. The molecule has 0 bridgehead atoms. The van der Waals surface area contributed by atoms with Crippen molar-refractivity contribution in [1.29, 1.82) is 0 Å². The fraction of sp³-hybridized carbons (Fsp3) is 0.364. The van der Waals surface area contributed by atoms with E-state index in [1.54, 1.807) is 17.0 Å². The summed E-state index contributed by atoms with van der Waals surface area (Å²) in [5.41, 5.74) is 0. The number of carbonyl (C=O) groups is 2. The number of pyridine rings is 1. The van der Waals surface area contributed by atoms with Crippen molar-refractivity contribution in [2.24, 2.45) is 0 Å². The molecule has 17 heavy (non-hydrogen) atoms. The first-order valence-corrected chi connectivity index (χ1v) is 5.28. The van der Waals surface area contributed by atoms with E-state index < -0.39 is 12.6 Å². The molecule has 6 nitrogen and oxygen atoms in total. The van der Waals surface area contributed by atoms with Crippen molar-refractivity contribution in [3.05, 3.63) is 18.3 Å². The molecule has 0 aromatic carbocycles. The van der Waals surface area contributed by atoms with Gasteiger partial charge in [-0.2, -0.15) is 0 Å². The molecule has 0 spiro atoms. The molecule has 0 unspecified atom stereocenters. The molecule has 0 atom stereocenters. The Kier molecular flexibility index (Phi) is 3.22. The van der Waals surface area contributed by atoms with Gasteiger partial charge >= 0.3 is 5.97 Å². The van der Waals surface area contributed by atoms with Gasteiger partial charge in [-0.3, -0.25) is 9.69 Å². The Morgan fingerprint density at radius 1 is 1.59 bits per heavy atom. The van der Waals surface area contributed by atoms with Gasteiger partial charge in [-0.05, 0) is 12.5 Å². The highest BCUT2D eigenvalue weighted by atomic mass is 16.5. The average Bonchev–Trinajstić information content (AvgIpc) is 2.73. The third kappa shape index (κ3) is 2.72. The quantitative estimate of drug-likeness (QED) is 0.831. The Labute approximate surface area is 97.8 Å². The van der Waals surface area contributed by atoms with Crippen LogP contribution in [0, 0.1) is 0 Å². The molecule has 1 saturated heterocycles. The van der Waals surface area contributed by atoms with Gasteiger partial charge in [-0.1, -0.05) is 0 Å². The lowest BCUT2D eigenvalue weighted by Gasteiger charge is -2.14. The standard InChI is InChI=1S/C11H12N2O4/c14-10-2-1-5-13(10)9-6-8(3-4-12-9)17-7-11(15)16/h3-4,6H,1-2,5,7H2,(H,15,16). The molecule has 1 aromatic heterocycles. The van der Waals surface area contributed by atoms with E-state index in [4.69, 9.17) is 9.84 Å². The Morgan fingerprint density at radius 3 is 3.06 bits per heavy atom. The van der Waals surface area contributed by atoms with E-state index in [0.717, 1.165) is 6.42 Å². The number of hydrogen-bond donors (Lipinski definition) is 1. The van der Waals surface area contributed by atoms with E-state index in [1.165, 1.54) is 6.20 Å². The first-order chi connectivity index (χ1) is 8.16. The van der Waals surface area contributed by atoms with Crippen molar-refractivity contribution in [3.8, 4) is 5.75 Å². The molecule has 1 amide bonds. The van der Waals surface area contributed by atoms with Crippen molar-refractivity contribution in [1.82, 2.24) is 4.98 Å². The lowest BCUT2D eigenvalue weighted by Crippen LogP contribution is -2.24. The molecule has 0 saturated carbocycles. The SMILES string of the molecule is O=C(O)COc1ccnc(N2CCCC2=O)c1. The van der Waals surface area contributed by atoms with E-state index in [0.29, 0.717) is 24.5 Å². The van der Waals surface area contributed by atoms with Gasteiger partial charge in [0.2, 0.25) is 5.91 Å². The van der Waals surface area contributed by atoms with E-state index in [9.17, 15) is 9.59 Å². The van der Waals surface area contributed by atoms with Gasteiger partial charge in [0.1, 0.15) is 11.6 Å². The van der Waals surface area contributed by atoms with Crippen molar-refractivity contribution >= 4 is 17.7 Å². The fourth-order valence-corrected chi connectivity index (χ4v) is 1.67. The van der Waals surface area contributed by atoms with Gasteiger partial charge in [0.25, 0.3) is 0 Å². The van der Waals surface area contributed by atoms with Gasteiger partial charge < -0.3 is 9.84 Å². The number of carboxylic acids is 1. The number of aromatic nitrogens is 1. The lowest BCUT2D eigenvalue weighted by atomic mass is 10.4. The number of amides is 1. The summed E-state index contributed by atoms with van der Waals surface area (Å²) in [7, 11) is 0. The van der Waals surface area contributed by atoms with E-state index in [-0.39, 0.29) is 5.91 Å². The van der Waals surface area contributed by atoms with Crippen LogP contribution in [0.5, 0.6) is 5.75 Å². The van der Waals surface area contributed by atoms with Crippen LogP contribution >= 0.6 is 0 Å². The Balaban J connectivity index is 2.10. The van der Waals surface area contributed by atoms with Gasteiger partial charge in [0, 0.05) is 25.2 Å². The maximum absolute atomic E-state index is 11.5. The highest BCUT2D eigenvalue weighted by molar-refractivity contribution is 5.94. The normalized spacial score (nSPS) is 15.1. The lowest BCUT2D eigenvalue weighted by molar-refractivity contribution is -0.139. The zero-order valence-electron chi connectivity index (χ0n) is 9.13. The van der Waals surface area contributed by atoms with Gasteiger partial charge in [0.15, 0.2) is 6.61 Å². The van der Waals surface area contributed by atoms with Crippen molar-refractivity contribution in [2.45, 2.75) is 12.8 Å². The summed E-state index contributed by atoms with van der Waals surface area (Å²) in [6, 6.07) is 3.14. The second-order valence-corrected chi connectivity index (χ2v) is 3.68. The third-order valence-corrected chi connectivity index (χ3v) is 2.43. The molecular formula is C11H12N2O4. The highest BCUT2D eigenvalue weighted by Crippen LogP contribution is 2.22. The van der Waals surface area contributed by atoms with E-state index in [2.05, 4.69) is 4.98 Å². The topological polar surface area (TPSA) is 79.7 Å². The fourth-order valence-electron chi connectivity index (χ4n) is 1.67. The second kappa shape index (κ2) is 4.82. The smallest absolute Gasteiger partial charge is 0.341 e. The number of carboxylic acid groups (broad SMARTS) is 1. The monoisotopic (exact) mass is 236 g/mol. The number of ether oxygens (including phenoxy) is 1. The van der Waals surface area contributed by atoms with Crippen LogP contribution in [-0.2, 0) is 9.59 Å². The van der Waals surface area contributed by atoms with Gasteiger partial charge in [-0.15, -0.1) is 0 Å². The summed E-state index contributed by atoms with van der Waals surface area (Å²) in [5, 5.41) is 8.49.